The normalized spacial score (nSPS) is 20.3. The summed E-state index contributed by atoms with van der Waals surface area (Å²) in [4.78, 5) is 38.0. The minimum atomic E-state index is -0.634. The fourth-order valence-electron chi connectivity index (χ4n) is 4.44. The number of rotatable bonds is 8. The molecule has 3 atom stereocenters. The summed E-state index contributed by atoms with van der Waals surface area (Å²) in [5.41, 5.74) is 4.72. The SMILES string of the molecule is CC(=O)/C(=N/Nc1ccccc1C(=O)OC1CC(C)CCC1C(C)C)C(=O)Nc1ccc(C)cc1. The molecule has 1 aliphatic rings. The summed E-state index contributed by atoms with van der Waals surface area (Å²) in [5, 5.41) is 6.73. The van der Waals surface area contributed by atoms with Crippen molar-refractivity contribution in [2.45, 2.75) is 60.0 Å². The molecule has 0 saturated heterocycles. The van der Waals surface area contributed by atoms with Crippen molar-refractivity contribution < 1.29 is 19.1 Å². The van der Waals surface area contributed by atoms with Gasteiger partial charge in [-0.1, -0.05) is 57.0 Å². The van der Waals surface area contributed by atoms with Gasteiger partial charge in [-0.3, -0.25) is 15.0 Å². The smallest absolute Gasteiger partial charge is 0.340 e. The Bertz CT molecular complexity index is 1090. The van der Waals surface area contributed by atoms with Gasteiger partial charge in [0.25, 0.3) is 5.91 Å². The molecule has 1 fully saturated rings. The van der Waals surface area contributed by atoms with Crippen molar-refractivity contribution >= 4 is 34.7 Å². The maximum atomic E-state index is 13.1. The van der Waals surface area contributed by atoms with E-state index in [1.54, 1.807) is 36.4 Å². The Kier molecular flexibility index (Phi) is 8.79. The molecule has 7 heteroatoms. The van der Waals surface area contributed by atoms with Crippen LogP contribution in [-0.2, 0) is 14.3 Å². The van der Waals surface area contributed by atoms with Gasteiger partial charge in [-0.25, -0.2) is 4.79 Å². The molecule has 0 aromatic heterocycles. The summed E-state index contributed by atoms with van der Waals surface area (Å²) >= 11 is 0. The Balaban J connectivity index is 1.76. The van der Waals surface area contributed by atoms with E-state index in [-0.39, 0.29) is 11.8 Å². The third-order valence-corrected chi connectivity index (χ3v) is 6.51. The summed E-state index contributed by atoms with van der Waals surface area (Å²) in [5.74, 6) is -0.331. The molecule has 3 unspecified atom stereocenters. The van der Waals surface area contributed by atoms with Crippen LogP contribution in [-0.4, -0.2) is 29.5 Å². The van der Waals surface area contributed by atoms with Gasteiger partial charge in [-0.2, -0.15) is 5.10 Å². The Morgan fingerprint density at radius 1 is 1.03 bits per heavy atom. The molecule has 0 bridgehead atoms. The zero-order chi connectivity index (χ0) is 25.5. The van der Waals surface area contributed by atoms with Gasteiger partial charge < -0.3 is 10.1 Å². The number of para-hydroxylation sites is 1. The molecule has 186 valence electrons. The number of ketones is 1. The second-order valence-electron chi connectivity index (χ2n) is 9.76. The van der Waals surface area contributed by atoms with E-state index in [0.717, 1.165) is 24.8 Å². The molecule has 1 amide bonds. The highest BCUT2D eigenvalue weighted by molar-refractivity contribution is 6.67. The second-order valence-corrected chi connectivity index (χ2v) is 9.76. The van der Waals surface area contributed by atoms with E-state index in [0.29, 0.717) is 34.7 Å². The van der Waals surface area contributed by atoms with E-state index in [4.69, 9.17) is 4.74 Å². The predicted octanol–water partition coefficient (Wildman–Crippen LogP) is 5.61. The van der Waals surface area contributed by atoms with Crippen molar-refractivity contribution in [3.8, 4) is 0 Å². The minimum absolute atomic E-state index is 0.143. The van der Waals surface area contributed by atoms with Crippen LogP contribution in [0.3, 0.4) is 0 Å². The number of esters is 1. The summed E-state index contributed by atoms with van der Waals surface area (Å²) in [6.07, 6.45) is 2.88. The van der Waals surface area contributed by atoms with E-state index in [1.165, 1.54) is 6.92 Å². The van der Waals surface area contributed by atoms with Gasteiger partial charge in [0, 0.05) is 12.6 Å². The molecule has 0 heterocycles. The zero-order valence-corrected chi connectivity index (χ0v) is 21.1. The van der Waals surface area contributed by atoms with Crippen LogP contribution in [0.5, 0.6) is 0 Å². The van der Waals surface area contributed by atoms with Crippen molar-refractivity contribution in [2.75, 3.05) is 10.7 Å². The van der Waals surface area contributed by atoms with Crippen molar-refractivity contribution in [3.63, 3.8) is 0 Å². The number of anilines is 2. The second kappa shape index (κ2) is 11.8. The lowest BCUT2D eigenvalue weighted by molar-refractivity contribution is -0.114. The monoisotopic (exact) mass is 477 g/mol. The minimum Gasteiger partial charge on any atom is -0.458 e. The number of nitrogens with one attached hydrogen (secondary N) is 2. The third kappa shape index (κ3) is 7.01. The van der Waals surface area contributed by atoms with Gasteiger partial charge in [-0.05, 0) is 61.8 Å². The number of ether oxygens (including phenoxy) is 1. The van der Waals surface area contributed by atoms with Gasteiger partial charge in [-0.15, -0.1) is 0 Å². The number of benzene rings is 2. The molecular formula is C28H35N3O4. The van der Waals surface area contributed by atoms with Crippen LogP contribution in [0.25, 0.3) is 0 Å². The summed E-state index contributed by atoms with van der Waals surface area (Å²) in [6, 6.07) is 14.0. The van der Waals surface area contributed by atoms with E-state index < -0.39 is 17.7 Å². The molecule has 1 saturated carbocycles. The average molecular weight is 478 g/mol. The number of hydrogen-bond donors (Lipinski definition) is 2. The molecule has 7 nitrogen and oxygen atoms in total. The zero-order valence-electron chi connectivity index (χ0n) is 21.1. The Hall–Kier alpha value is -3.48. The maximum Gasteiger partial charge on any atom is 0.340 e. The topological polar surface area (TPSA) is 96.9 Å². The molecule has 0 aliphatic heterocycles. The number of hydrazone groups is 1. The van der Waals surface area contributed by atoms with Gasteiger partial charge >= 0.3 is 5.97 Å². The summed E-state index contributed by atoms with van der Waals surface area (Å²) < 4.78 is 5.98. The first kappa shape index (κ1) is 26.1. The van der Waals surface area contributed by atoms with E-state index in [2.05, 4.69) is 36.6 Å². The molecule has 2 N–H and O–H groups in total. The van der Waals surface area contributed by atoms with Gasteiger partial charge in [0.1, 0.15) is 6.10 Å². The van der Waals surface area contributed by atoms with Crippen molar-refractivity contribution in [3.05, 3.63) is 59.7 Å². The number of aryl methyl sites for hydroxylation is 1. The Labute approximate surface area is 207 Å². The van der Waals surface area contributed by atoms with E-state index >= 15 is 0 Å². The number of hydrogen-bond acceptors (Lipinski definition) is 6. The van der Waals surface area contributed by atoms with E-state index in [9.17, 15) is 14.4 Å². The van der Waals surface area contributed by atoms with Gasteiger partial charge in [0.2, 0.25) is 0 Å². The number of carbonyl (C=O) groups excluding carboxylic acids is 3. The largest absolute Gasteiger partial charge is 0.458 e. The molecule has 0 radical (unpaired) electrons. The predicted molar refractivity (Wildman–Crippen MR) is 139 cm³/mol. The van der Waals surface area contributed by atoms with Crippen molar-refractivity contribution in [2.24, 2.45) is 22.9 Å². The first-order valence-corrected chi connectivity index (χ1v) is 12.2. The molecule has 2 aromatic rings. The highest BCUT2D eigenvalue weighted by Gasteiger charge is 2.34. The molecule has 2 aromatic carbocycles. The fourth-order valence-corrected chi connectivity index (χ4v) is 4.44. The maximum absolute atomic E-state index is 13.1. The van der Waals surface area contributed by atoms with Crippen LogP contribution >= 0.6 is 0 Å². The molecule has 0 spiro atoms. The highest BCUT2D eigenvalue weighted by Crippen LogP contribution is 2.36. The Morgan fingerprint density at radius 2 is 1.71 bits per heavy atom. The van der Waals surface area contributed by atoms with Crippen molar-refractivity contribution in [1.29, 1.82) is 0 Å². The molecule has 3 rings (SSSR count). The molecule has 1 aliphatic carbocycles. The molecular weight excluding hydrogens is 442 g/mol. The standard InChI is InChI=1S/C28H35N3O4/c1-17(2)22-15-12-19(4)16-25(22)35-28(34)23-8-6-7-9-24(23)30-31-26(20(5)32)27(33)29-21-13-10-18(3)11-14-21/h6-11,13-14,17,19,22,25,30H,12,15-16H2,1-5H3,(H,29,33)/b31-26-. The van der Waals surface area contributed by atoms with Crippen LogP contribution in [0.15, 0.2) is 53.6 Å². The number of amides is 1. The third-order valence-electron chi connectivity index (χ3n) is 6.51. The summed E-state index contributed by atoms with van der Waals surface area (Å²) in [7, 11) is 0. The molecule has 35 heavy (non-hydrogen) atoms. The Morgan fingerprint density at radius 3 is 2.37 bits per heavy atom. The van der Waals surface area contributed by atoms with Crippen LogP contribution in [0.4, 0.5) is 11.4 Å². The first-order chi connectivity index (χ1) is 16.7. The summed E-state index contributed by atoms with van der Waals surface area (Å²) in [6.45, 7) is 9.73. The van der Waals surface area contributed by atoms with Crippen LogP contribution in [0.1, 0.15) is 62.9 Å². The first-order valence-electron chi connectivity index (χ1n) is 12.2. The van der Waals surface area contributed by atoms with Gasteiger partial charge in [0.05, 0.1) is 11.3 Å². The van der Waals surface area contributed by atoms with Crippen LogP contribution in [0, 0.1) is 24.7 Å². The highest BCUT2D eigenvalue weighted by atomic mass is 16.5. The van der Waals surface area contributed by atoms with E-state index in [1.807, 2.05) is 19.1 Å². The number of Topliss-reactive ketones (excluding diaryl/α,β-unsaturated/α-hetero) is 1. The van der Waals surface area contributed by atoms with Crippen LogP contribution in [0.2, 0.25) is 0 Å². The van der Waals surface area contributed by atoms with Gasteiger partial charge in [0.15, 0.2) is 11.5 Å². The number of carbonyl (C=O) groups is 3. The quantitative estimate of drug-likeness (QED) is 0.223. The van der Waals surface area contributed by atoms with Crippen molar-refractivity contribution in [1.82, 2.24) is 0 Å². The fraction of sp³-hybridized carbons (Fsp3) is 0.429. The lowest BCUT2D eigenvalue weighted by Gasteiger charge is -2.36. The lowest BCUT2D eigenvalue weighted by Crippen LogP contribution is -2.36. The average Bonchev–Trinajstić information content (AvgIpc) is 2.80. The lowest BCUT2D eigenvalue weighted by atomic mass is 9.75. The number of nitrogens with zero attached hydrogens (tertiary/aromatic N) is 1. The van der Waals surface area contributed by atoms with Crippen LogP contribution < -0.4 is 10.7 Å².